The van der Waals surface area contributed by atoms with Crippen molar-refractivity contribution in [3.63, 3.8) is 0 Å². The van der Waals surface area contributed by atoms with E-state index in [1.165, 1.54) is 11.0 Å². The first-order valence-corrected chi connectivity index (χ1v) is 5.95. The zero-order chi connectivity index (χ0) is 13.2. The number of hydrogen-bond donors (Lipinski definition) is 1. The summed E-state index contributed by atoms with van der Waals surface area (Å²) >= 11 is 3.16. The van der Waals surface area contributed by atoms with E-state index >= 15 is 0 Å². The van der Waals surface area contributed by atoms with E-state index in [0.717, 1.165) is 0 Å². The van der Waals surface area contributed by atoms with Crippen molar-refractivity contribution in [2.75, 3.05) is 0 Å². The molecule has 0 atom stereocenters. The molecule has 0 heterocycles. The molecule has 0 bridgehead atoms. The highest BCUT2D eigenvalue weighted by Crippen LogP contribution is 2.21. The van der Waals surface area contributed by atoms with Gasteiger partial charge in [-0.05, 0) is 32.9 Å². The van der Waals surface area contributed by atoms with Gasteiger partial charge in [-0.1, -0.05) is 22.0 Å². The second kappa shape index (κ2) is 5.04. The summed E-state index contributed by atoms with van der Waals surface area (Å²) in [6.45, 7) is 5.37. The summed E-state index contributed by atoms with van der Waals surface area (Å²) in [4.78, 5) is 12.3. The second-order valence-electron chi connectivity index (χ2n) is 4.78. The van der Waals surface area contributed by atoms with Gasteiger partial charge in [0.25, 0.3) is 0 Å². The Labute approximate surface area is 108 Å². The van der Waals surface area contributed by atoms with Gasteiger partial charge in [-0.3, -0.25) is 4.90 Å². The summed E-state index contributed by atoms with van der Waals surface area (Å²) < 4.78 is 14.2. The fourth-order valence-corrected chi connectivity index (χ4v) is 1.75. The molecular weight excluding hydrogens is 289 g/mol. The van der Waals surface area contributed by atoms with Gasteiger partial charge in [0.2, 0.25) is 0 Å². The minimum atomic E-state index is -1.06. The summed E-state index contributed by atoms with van der Waals surface area (Å²) in [6, 6.07) is 4.61. The Kier molecular flexibility index (Phi) is 4.14. The third kappa shape index (κ3) is 3.70. The molecule has 1 rings (SSSR count). The number of carboxylic acid groups (broad SMARTS) is 1. The molecule has 94 valence electrons. The SMILES string of the molecule is CC(C)(C)N(Cc1ccc(Br)cc1F)C(=O)O. The van der Waals surface area contributed by atoms with Gasteiger partial charge in [-0.2, -0.15) is 0 Å². The van der Waals surface area contributed by atoms with E-state index in [0.29, 0.717) is 10.0 Å². The molecule has 0 aliphatic heterocycles. The van der Waals surface area contributed by atoms with Crippen LogP contribution in [0, 0.1) is 5.82 Å². The molecule has 0 saturated carbocycles. The van der Waals surface area contributed by atoms with E-state index in [1.807, 2.05) is 0 Å². The van der Waals surface area contributed by atoms with Crippen molar-refractivity contribution >= 4 is 22.0 Å². The molecule has 0 fully saturated rings. The van der Waals surface area contributed by atoms with Gasteiger partial charge in [0, 0.05) is 15.6 Å². The van der Waals surface area contributed by atoms with Crippen LogP contribution in [0.5, 0.6) is 0 Å². The largest absolute Gasteiger partial charge is 0.465 e. The van der Waals surface area contributed by atoms with Crippen LogP contribution in [0.25, 0.3) is 0 Å². The molecule has 1 aromatic rings. The summed E-state index contributed by atoms with van der Waals surface area (Å²) in [5.74, 6) is -0.408. The quantitative estimate of drug-likeness (QED) is 0.901. The molecule has 0 radical (unpaired) electrons. The number of carbonyl (C=O) groups is 1. The van der Waals surface area contributed by atoms with Crippen LogP contribution >= 0.6 is 15.9 Å². The van der Waals surface area contributed by atoms with Crippen molar-refractivity contribution in [1.82, 2.24) is 4.90 Å². The molecule has 1 aromatic carbocycles. The first-order chi connectivity index (χ1) is 7.71. The Morgan fingerprint density at radius 2 is 2.06 bits per heavy atom. The van der Waals surface area contributed by atoms with Crippen LogP contribution in [0.1, 0.15) is 26.3 Å². The standard InChI is InChI=1S/C12H15BrFNO2/c1-12(2,3)15(11(16)17)7-8-4-5-9(13)6-10(8)14/h4-6H,7H2,1-3H3,(H,16,17). The molecule has 0 aliphatic rings. The highest BCUT2D eigenvalue weighted by molar-refractivity contribution is 9.10. The van der Waals surface area contributed by atoms with Crippen molar-refractivity contribution in [2.24, 2.45) is 0 Å². The van der Waals surface area contributed by atoms with Crippen LogP contribution in [-0.2, 0) is 6.54 Å². The van der Waals surface area contributed by atoms with E-state index in [2.05, 4.69) is 15.9 Å². The van der Waals surface area contributed by atoms with E-state index in [-0.39, 0.29) is 6.54 Å². The van der Waals surface area contributed by atoms with E-state index < -0.39 is 17.4 Å². The lowest BCUT2D eigenvalue weighted by Gasteiger charge is -2.33. The highest BCUT2D eigenvalue weighted by atomic mass is 79.9. The van der Waals surface area contributed by atoms with Gasteiger partial charge in [0.15, 0.2) is 0 Å². The average Bonchev–Trinajstić information content (AvgIpc) is 2.13. The predicted molar refractivity (Wildman–Crippen MR) is 67.4 cm³/mol. The normalized spacial score (nSPS) is 11.4. The van der Waals surface area contributed by atoms with Crippen LogP contribution in [0.4, 0.5) is 9.18 Å². The van der Waals surface area contributed by atoms with Crippen molar-refractivity contribution in [1.29, 1.82) is 0 Å². The topological polar surface area (TPSA) is 40.5 Å². The fraction of sp³-hybridized carbons (Fsp3) is 0.417. The molecule has 0 spiro atoms. The molecular formula is C12H15BrFNO2. The Hall–Kier alpha value is -1.10. The van der Waals surface area contributed by atoms with Crippen molar-refractivity contribution < 1.29 is 14.3 Å². The van der Waals surface area contributed by atoms with Crippen LogP contribution in [-0.4, -0.2) is 21.6 Å². The monoisotopic (exact) mass is 303 g/mol. The van der Waals surface area contributed by atoms with Gasteiger partial charge >= 0.3 is 6.09 Å². The number of amides is 1. The lowest BCUT2D eigenvalue weighted by molar-refractivity contribution is 0.0948. The maximum atomic E-state index is 13.6. The van der Waals surface area contributed by atoms with Crippen LogP contribution in [0.3, 0.4) is 0 Å². The third-order valence-corrected chi connectivity index (χ3v) is 2.88. The molecule has 3 nitrogen and oxygen atoms in total. The van der Waals surface area contributed by atoms with Gasteiger partial charge in [-0.25, -0.2) is 9.18 Å². The number of hydrogen-bond acceptors (Lipinski definition) is 1. The Balaban J connectivity index is 2.98. The maximum absolute atomic E-state index is 13.6. The lowest BCUT2D eigenvalue weighted by Crippen LogP contribution is -2.44. The minimum Gasteiger partial charge on any atom is -0.465 e. The molecule has 0 unspecified atom stereocenters. The Bertz CT molecular complexity index is 429. The summed E-state index contributed by atoms with van der Waals surface area (Å²) in [7, 11) is 0. The minimum absolute atomic E-state index is 0.0396. The Morgan fingerprint density at radius 3 is 2.47 bits per heavy atom. The molecule has 1 amide bonds. The number of nitrogens with zero attached hydrogens (tertiary/aromatic N) is 1. The van der Waals surface area contributed by atoms with E-state index in [9.17, 15) is 9.18 Å². The number of rotatable bonds is 2. The van der Waals surface area contributed by atoms with E-state index in [4.69, 9.17) is 5.11 Å². The van der Waals surface area contributed by atoms with Crippen LogP contribution in [0.15, 0.2) is 22.7 Å². The summed E-state index contributed by atoms with van der Waals surface area (Å²) in [5.41, 5.74) is -0.198. The first-order valence-electron chi connectivity index (χ1n) is 5.16. The lowest BCUT2D eigenvalue weighted by atomic mass is 10.1. The zero-order valence-corrected chi connectivity index (χ0v) is 11.6. The molecule has 0 aromatic heterocycles. The first kappa shape index (κ1) is 14.0. The molecule has 5 heteroatoms. The Morgan fingerprint density at radius 1 is 1.47 bits per heavy atom. The van der Waals surface area contributed by atoms with Gasteiger partial charge < -0.3 is 5.11 Å². The highest BCUT2D eigenvalue weighted by Gasteiger charge is 2.26. The number of halogens is 2. The van der Waals surface area contributed by atoms with Gasteiger partial charge in [-0.15, -0.1) is 0 Å². The molecule has 17 heavy (non-hydrogen) atoms. The third-order valence-electron chi connectivity index (χ3n) is 2.38. The number of benzene rings is 1. The van der Waals surface area contributed by atoms with Crippen molar-refractivity contribution in [2.45, 2.75) is 32.9 Å². The second-order valence-corrected chi connectivity index (χ2v) is 5.69. The molecule has 0 aliphatic carbocycles. The zero-order valence-electron chi connectivity index (χ0n) is 10.00. The van der Waals surface area contributed by atoms with Gasteiger partial charge in [0.05, 0.1) is 6.54 Å². The van der Waals surface area contributed by atoms with Crippen LogP contribution in [0.2, 0.25) is 0 Å². The van der Waals surface area contributed by atoms with Crippen LogP contribution < -0.4 is 0 Å². The summed E-state index contributed by atoms with van der Waals surface area (Å²) in [5, 5.41) is 9.11. The smallest absolute Gasteiger partial charge is 0.408 e. The van der Waals surface area contributed by atoms with Gasteiger partial charge in [0.1, 0.15) is 5.82 Å². The van der Waals surface area contributed by atoms with Crippen molar-refractivity contribution in [3.8, 4) is 0 Å². The van der Waals surface area contributed by atoms with Crippen molar-refractivity contribution in [3.05, 3.63) is 34.1 Å². The fourth-order valence-electron chi connectivity index (χ4n) is 1.41. The predicted octanol–water partition coefficient (Wildman–Crippen LogP) is 3.87. The maximum Gasteiger partial charge on any atom is 0.408 e. The molecule has 0 saturated heterocycles. The van der Waals surface area contributed by atoms with E-state index in [1.54, 1.807) is 32.9 Å². The average molecular weight is 304 g/mol. The molecule has 1 N–H and O–H groups in total. The summed E-state index contributed by atoms with van der Waals surface area (Å²) in [6.07, 6.45) is -1.06.